The zero-order chi connectivity index (χ0) is 18.9. The topological polar surface area (TPSA) is 98.2 Å². The molecular weight excluding hydrogens is 336 g/mol. The minimum atomic E-state index is -0.923. The Morgan fingerprint density at radius 3 is 2.62 bits per heavy atom. The normalized spacial score (nSPS) is 12.1. The van der Waals surface area contributed by atoms with E-state index in [4.69, 9.17) is 19.6 Å². The minimum Gasteiger partial charge on any atom is -0.494 e. The van der Waals surface area contributed by atoms with Gasteiger partial charge >= 0.3 is 6.03 Å². The van der Waals surface area contributed by atoms with E-state index in [2.05, 4.69) is 6.92 Å². The molecule has 0 spiro atoms. The first kappa shape index (κ1) is 19.4. The number of furan rings is 1. The van der Waals surface area contributed by atoms with Crippen LogP contribution in [0.4, 0.5) is 4.79 Å². The molecule has 2 amide bonds. The highest BCUT2D eigenvalue weighted by atomic mass is 16.6. The van der Waals surface area contributed by atoms with Crippen LogP contribution in [0, 0.1) is 0 Å². The Balaban J connectivity index is 1.90. The van der Waals surface area contributed by atoms with Gasteiger partial charge in [-0.05, 0) is 49.8 Å². The van der Waals surface area contributed by atoms with Crippen LogP contribution in [0.2, 0.25) is 0 Å². The fourth-order valence-corrected chi connectivity index (χ4v) is 2.05. The minimum absolute atomic E-state index is 0.327. The number of amides is 2. The molecule has 26 heavy (non-hydrogen) atoms. The van der Waals surface area contributed by atoms with Gasteiger partial charge in [-0.2, -0.15) is 5.06 Å². The van der Waals surface area contributed by atoms with Crippen molar-refractivity contribution in [3.05, 3.63) is 48.2 Å². The molecule has 0 saturated carbocycles. The van der Waals surface area contributed by atoms with Crippen LogP contribution in [0.25, 0.3) is 6.08 Å². The number of ether oxygens (including phenoxy) is 2. The summed E-state index contributed by atoms with van der Waals surface area (Å²) in [5.74, 6) is 2.27. The number of hydrogen-bond donors (Lipinski definition) is 2. The first-order chi connectivity index (χ1) is 12.5. The van der Waals surface area contributed by atoms with Crippen LogP contribution in [-0.2, 0) is 0 Å². The van der Waals surface area contributed by atoms with Gasteiger partial charge in [-0.1, -0.05) is 19.4 Å². The van der Waals surface area contributed by atoms with Crippen molar-refractivity contribution in [3.63, 3.8) is 0 Å². The van der Waals surface area contributed by atoms with Crippen molar-refractivity contribution >= 4 is 12.1 Å². The summed E-state index contributed by atoms with van der Waals surface area (Å²) in [6.45, 7) is 4.43. The summed E-state index contributed by atoms with van der Waals surface area (Å²) in [6.07, 6.45) is 5.31. The highest BCUT2D eigenvalue weighted by Gasteiger charge is 2.12. The van der Waals surface area contributed by atoms with E-state index in [0.29, 0.717) is 29.1 Å². The van der Waals surface area contributed by atoms with E-state index in [-0.39, 0.29) is 0 Å². The molecular formula is C19H24N2O5. The molecule has 140 valence electrons. The van der Waals surface area contributed by atoms with E-state index < -0.39 is 12.1 Å². The van der Waals surface area contributed by atoms with Crippen LogP contribution in [0.1, 0.15) is 32.4 Å². The summed E-state index contributed by atoms with van der Waals surface area (Å²) in [6, 6.07) is 9.19. The number of nitrogens with zero attached hydrogens (tertiary/aromatic N) is 1. The molecule has 7 nitrogen and oxygen atoms in total. The second kappa shape index (κ2) is 9.53. The molecule has 2 rings (SSSR count). The number of primary amides is 1. The van der Waals surface area contributed by atoms with Gasteiger partial charge in [0, 0.05) is 6.07 Å². The molecule has 0 aliphatic rings. The molecule has 1 aromatic heterocycles. The molecule has 0 aliphatic heterocycles. The number of rotatable bonds is 9. The lowest BCUT2D eigenvalue weighted by Crippen LogP contribution is -2.38. The quantitative estimate of drug-likeness (QED) is 0.392. The number of urea groups is 1. The van der Waals surface area contributed by atoms with Crippen molar-refractivity contribution in [1.82, 2.24) is 5.06 Å². The maximum atomic E-state index is 10.9. The van der Waals surface area contributed by atoms with Crippen molar-refractivity contribution in [2.75, 3.05) is 6.61 Å². The number of benzene rings is 1. The predicted octanol–water partition coefficient (Wildman–Crippen LogP) is 4.42. The number of unbranched alkanes of at least 4 members (excludes halogenated alkanes) is 1. The number of nitrogens with two attached hydrogens (primary N) is 1. The monoisotopic (exact) mass is 360 g/mol. The van der Waals surface area contributed by atoms with Crippen LogP contribution in [0.5, 0.6) is 17.4 Å². The third-order valence-electron chi connectivity index (χ3n) is 3.56. The summed E-state index contributed by atoms with van der Waals surface area (Å²) in [4.78, 5) is 10.9. The van der Waals surface area contributed by atoms with Crippen LogP contribution in [0.15, 0.2) is 46.9 Å². The fraction of sp³-hybridized carbons (Fsp3) is 0.316. The smallest absolute Gasteiger partial charge is 0.339 e. The summed E-state index contributed by atoms with van der Waals surface area (Å²) in [5, 5.41) is 9.84. The lowest BCUT2D eigenvalue weighted by atomic mass is 10.3. The Hall–Kier alpha value is -2.93. The second-order valence-electron chi connectivity index (χ2n) is 5.71. The highest BCUT2D eigenvalue weighted by Crippen LogP contribution is 2.26. The third-order valence-corrected chi connectivity index (χ3v) is 3.56. The van der Waals surface area contributed by atoms with Gasteiger partial charge in [-0.3, -0.25) is 5.21 Å². The SMILES string of the molecule is CCCCOc1ccc(Oc2ccc(/C=C/C(C)N(O)C(N)=O)o2)cc1. The van der Waals surface area contributed by atoms with Crippen molar-refractivity contribution in [1.29, 1.82) is 0 Å². The van der Waals surface area contributed by atoms with Crippen LogP contribution >= 0.6 is 0 Å². The third kappa shape index (κ3) is 5.86. The van der Waals surface area contributed by atoms with Crippen molar-refractivity contribution in [3.8, 4) is 17.4 Å². The van der Waals surface area contributed by atoms with Gasteiger partial charge in [0.15, 0.2) is 0 Å². The molecule has 0 aliphatic carbocycles. The molecule has 1 atom stereocenters. The van der Waals surface area contributed by atoms with Crippen LogP contribution in [-0.4, -0.2) is 29.0 Å². The Kier molecular flexibility index (Phi) is 7.11. The molecule has 0 saturated heterocycles. The van der Waals surface area contributed by atoms with Crippen LogP contribution < -0.4 is 15.2 Å². The van der Waals surface area contributed by atoms with Crippen LogP contribution in [0.3, 0.4) is 0 Å². The maximum absolute atomic E-state index is 10.9. The van der Waals surface area contributed by atoms with Gasteiger partial charge in [-0.25, -0.2) is 4.79 Å². The van der Waals surface area contributed by atoms with E-state index in [1.807, 2.05) is 12.1 Å². The first-order valence-electron chi connectivity index (χ1n) is 8.46. The number of hydroxylamine groups is 2. The molecule has 1 heterocycles. The Labute approximate surface area is 152 Å². The van der Waals surface area contributed by atoms with E-state index in [1.54, 1.807) is 43.3 Å². The lowest BCUT2D eigenvalue weighted by Gasteiger charge is -2.16. The van der Waals surface area contributed by atoms with E-state index >= 15 is 0 Å². The highest BCUT2D eigenvalue weighted by molar-refractivity contribution is 5.71. The summed E-state index contributed by atoms with van der Waals surface area (Å²) in [5.41, 5.74) is 4.99. The standard InChI is InChI=1S/C19H24N2O5/c1-3-4-13-24-15-7-9-17(10-8-15)26-18-12-11-16(25-18)6-5-14(2)21(23)19(20)22/h5-12,14,23H,3-4,13H2,1-2H3,(H2,20,22)/b6-5+. The molecule has 7 heteroatoms. The Bertz CT molecular complexity index is 724. The van der Waals surface area contributed by atoms with Crippen molar-refractivity contribution < 1.29 is 23.9 Å². The molecule has 0 fully saturated rings. The Morgan fingerprint density at radius 1 is 1.27 bits per heavy atom. The van der Waals surface area contributed by atoms with Crippen molar-refractivity contribution in [2.24, 2.45) is 5.73 Å². The molecule has 0 bridgehead atoms. The lowest BCUT2D eigenvalue weighted by molar-refractivity contribution is -0.0560. The Morgan fingerprint density at radius 2 is 1.96 bits per heavy atom. The van der Waals surface area contributed by atoms with E-state index in [0.717, 1.165) is 18.6 Å². The fourth-order valence-electron chi connectivity index (χ4n) is 2.05. The number of hydrogen-bond acceptors (Lipinski definition) is 5. The first-order valence-corrected chi connectivity index (χ1v) is 8.46. The van der Waals surface area contributed by atoms with Gasteiger partial charge < -0.3 is 19.6 Å². The number of carbonyl (C=O) groups is 1. The molecule has 2 aromatic rings. The van der Waals surface area contributed by atoms with Gasteiger partial charge in [0.05, 0.1) is 12.6 Å². The van der Waals surface area contributed by atoms with E-state index in [9.17, 15) is 10.0 Å². The molecule has 1 aromatic carbocycles. The summed E-state index contributed by atoms with van der Waals surface area (Å²) < 4.78 is 16.8. The predicted molar refractivity (Wildman–Crippen MR) is 97.3 cm³/mol. The average Bonchev–Trinajstić information content (AvgIpc) is 3.08. The van der Waals surface area contributed by atoms with Gasteiger partial charge in [0.1, 0.15) is 17.3 Å². The van der Waals surface area contributed by atoms with Gasteiger partial charge in [0.25, 0.3) is 5.95 Å². The maximum Gasteiger partial charge on any atom is 0.339 e. The summed E-state index contributed by atoms with van der Waals surface area (Å²) in [7, 11) is 0. The second-order valence-corrected chi connectivity index (χ2v) is 5.71. The van der Waals surface area contributed by atoms with Gasteiger partial charge in [0.2, 0.25) is 0 Å². The van der Waals surface area contributed by atoms with E-state index in [1.165, 1.54) is 0 Å². The zero-order valence-electron chi connectivity index (χ0n) is 14.9. The zero-order valence-corrected chi connectivity index (χ0v) is 14.9. The largest absolute Gasteiger partial charge is 0.494 e. The average molecular weight is 360 g/mol. The molecule has 0 radical (unpaired) electrons. The molecule has 3 N–H and O–H groups in total. The number of carbonyl (C=O) groups excluding carboxylic acids is 1. The van der Waals surface area contributed by atoms with Gasteiger partial charge in [-0.15, -0.1) is 0 Å². The molecule has 1 unspecified atom stereocenters. The summed E-state index contributed by atoms with van der Waals surface area (Å²) >= 11 is 0. The van der Waals surface area contributed by atoms with Crippen molar-refractivity contribution in [2.45, 2.75) is 32.7 Å².